The van der Waals surface area contributed by atoms with Crippen molar-refractivity contribution in [3.63, 3.8) is 0 Å². The van der Waals surface area contributed by atoms with E-state index in [0.717, 1.165) is 32.6 Å². The van der Waals surface area contributed by atoms with Crippen LogP contribution in [0.4, 0.5) is 0 Å². The Morgan fingerprint density at radius 3 is 2.71 bits per heavy atom. The molecule has 0 aliphatic carbocycles. The summed E-state index contributed by atoms with van der Waals surface area (Å²) in [5, 5.41) is 2.80. The number of hydrazine groups is 1. The molecule has 0 saturated carbocycles. The van der Waals surface area contributed by atoms with Crippen LogP contribution < -0.4 is 5.43 Å². The number of rotatable bonds is 7. The van der Waals surface area contributed by atoms with Gasteiger partial charge in [-0.1, -0.05) is 37.0 Å². The van der Waals surface area contributed by atoms with Crippen molar-refractivity contribution in [1.82, 2.24) is 15.3 Å². The van der Waals surface area contributed by atoms with Crippen molar-refractivity contribution in [1.29, 1.82) is 0 Å². The van der Waals surface area contributed by atoms with Crippen molar-refractivity contribution in [3.8, 4) is 0 Å². The molecule has 0 unspecified atom stereocenters. The second-order valence-electron chi connectivity index (χ2n) is 3.86. The largest absolute Gasteiger partial charge is 0.306 e. The lowest BCUT2D eigenvalue weighted by atomic mass is 10.4. The Morgan fingerprint density at radius 1 is 1.41 bits per heavy atom. The first kappa shape index (κ1) is 14.8. The van der Waals surface area contributed by atoms with Crippen LogP contribution in [-0.4, -0.2) is 47.8 Å². The van der Waals surface area contributed by atoms with Crippen LogP contribution in [0.15, 0.2) is 16.3 Å². The maximum Gasteiger partial charge on any atom is 0.147 e. The lowest BCUT2D eigenvalue weighted by Crippen LogP contribution is -2.39. The van der Waals surface area contributed by atoms with Crippen LogP contribution in [0.3, 0.4) is 0 Å². The average molecular weight is 279 g/mol. The first-order valence-electron chi connectivity index (χ1n) is 5.98. The SMILES string of the molecule is CCN(CC)CCCNN1C=C(Cl)N=C(Cl)C1. The average Bonchev–Trinajstić information content (AvgIpc) is 2.28. The predicted molar refractivity (Wildman–Crippen MR) is 74.3 cm³/mol. The highest BCUT2D eigenvalue weighted by atomic mass is 35.5. The molecule has 17 heavy (non-hydrogen) atoms. The molecule has 0 amide bonds. The summed E-state index contributed by atoms with van der Waals surface area (Å²) >= 11 is 11.7. The van der Waals surface area contributed by atoms with Gasteiger partial charge in [0.15, 0.2) is 0 Å². The van der Waals surface area contributed by atoms with Gasteiger partial charge in [0, 0.05) is 6.54 Å². The van der Waals surface area contributed by atoms with Gasteiger partial charge in [-0.15, -0.1) is 0 Å². The van der Waals surface area contributed by atoms with Crippen LogP contribution in [0, 0.1) is 0 Å². The van der Waals surface area contributed by atoms with E-state index < -0.39 is 0 Å². The van der Waals surface area contributed by atoms with Crippen LogP contribution in [0.1, 0.15) is 20.3 Å². The summed E-state index contributed by atoms with van der Waals surface area (Å²) in [7, 11) is 0. The zero-order valence-corrected chi connectivity index (χ0v) is 11.9. The molecule has 0 saturated heterocycles. The Labute approximate surface area is 113 Å². The van der Waals surface area contributed by atoms with Gasteiger partial charge >= 0.3 is 0 Å². The third kappa shape index (κ3) is 5.73. The molecule has 0 atom stereocenters. The normalized spacial score (nSPS) is 16.2. The molecule has 1 heterocycles. The van der Waals surface area contributed by atoms with Crippen LogP contribution >= 0.6 is 23.2 Å². The first-order chi connectivity index (χ1) is 8.15. The Balaban J connectivity index is 2.18. The fraction of sp³-hybridized carbons (Fsp3) is 0.727. The molecule has 6 heteroatoms. The van der Waals surface area contributed by atoms with Crippen LogP contribution in [0.5, 0.6) is 0 Å². The van der Waals surface area contributed by atoms with Crippen molar-refractivity contribution in [2.24, 2.45) is 4.99 Å². The summed E-state index contributed by atoms with van der Waals surface area (Å²) in [6, 6.07) is 0. The summed E-state index contributed by atoms with van der Waals surface area (Å²) in [6.45, 7) is 9.15. The highest BCUT2D eigenvalue weighted by molar-refractivity contribution is 6.66. The fourth-order valence-corrected chi connectivity index (χ4v) is 2.14. The maximum atomic E-state index is 5.85. The van der Waals surface area contributed by atoms with Gasteiger partial charge in [0.2, 0.25) is 0 Å². The third-order valence-electron chi connectivity index (χ3n) is 2.65. The topological polar surface area (TPSA) is 30.9 Å². The maximum absolute atomic E-state index is 5.85. The van der Waals surface area contributed by atoms with Gasteiger partial charge in [0.25, 0.3) is 0 Å². The fourth-order valence-electron chi connectivity index (χ4n) is 1.66. The van der Waals surface area contributed by atoms with Gasteiger partial charge in [-0.05, 0) is 26.1 Å². The van der Waals surface area contributed by atoms with Gasteiger partial charge in [-0.3, -0.25) is 0 Å². The second-order valence-corrected chi connectivity index (χ2v) is 4.68. The van der Waals surface area contributed by atoms with Gasteiger partial charge in [-0.25, -0.2) is 10.4 Å². The Hall–Kier alpha value is -0.290. The minimum Gasteiger partial charge on any atom is -0.306 e. The molecule has 0 radical (unpaired) electrons. The first-order valence-corrected chi connectivity index (χ1v) is 6.74. The zero-order valence-electron chi connectivity index (χ0n) is 10.4. The highest BCUT2D eigenvalue weighted by Gasteiger charge is 2.10. The lowest BCUT2D eigenvalue weighted by molar-refractivity contribution is 0.263. The van der Waals surface area contributed by atoms with Crippen LogP contribution in [-0.2, 0) is 0 Å². The molecular formula is C11H20Cl2N4. The molecule has 0 bridgehead atoms. The van der Waals surface area contributed by atoms with Crippen molar-refractivity contribution < 1.29 is 0 Å². The van der Waals surface area contributed by atoms with Crippen molar-refractivity contribution in [3.05, 3.63) is 11.4 Å². The molecule has 0 aromatic heterocycles. The summed E-state index contributed by atoms with van der Waals surface area (Å²) in [5.41, 5.74) is 3.27. The molecule has 0 spiro atoms. The number of hydrogen-bond donors (Lipinski definition) is 1. The standard InChI is InChI=1S/C11H20Cl2N4/c1-3-16(4-2)7-5-6-14-17-8-10(12)15-11(13)9-17/h8,14H,3-7,9H2,1-2H3. The molecule has 1 N–H and O–H groups in total. The Morgan fingerprint density at radius 2 is 2.12 bits per heavy atom. The van der Waals surface area contributed by atoms with Gasteiger partial charge in [-0.2, -0.15) is 0 Å². The lowest BCUT2D eigenvalue weighted by Gasteiger charge is -2.24. The number of halogens is 2. The molecule has 1 aliphatic heterocycles. The van der Waals surface area contributed by atoms with E-state index >= 15 is 0 Å². The Kier molecular flexibility index (Phi) is 6.89. The van der Waals surface area contributed by atoms with E-state index in [9.17, 15) is 0 Å². The molecule has 1 rings (SSSR count). The monoisotopic (exact) mass is 278 g/mol. The Bertz CT molecular complexity index is 287. The number of aliphatic imine (C=N–C) groups is 1. The molecule has 1 aliphatic rings. The molecular weight excluding hydrogens is 259 g/mol. The van der Waals surface area contributed by atoms with Crippen LogP contribution in [0.2, 0.25) is 0 Å². The summed E-state index contributed by atoms with van der Waals surface area (Å²) in [6.07, 6.45) is 2.85. The van der Waals surface area contributed by atoms with E-state index in [1.165, 1.54) is 0 Å². The summed E-state index contributed by atoms with van der Waals surface area (Å²) in [4.78, 5) is 6.33. The van der Waals surface area contributed by atoms with Gasteiger partial charge < -0.3 is 9.91 Å². The smallest absolute Gasteiger partial charge is 0.147 e. The highest BCUT2D eigenvalue weighted by Crippen LogP contribution is 2.11. The summed E-state index contributed by atoms with van der Waals surface area (Å²) < 4.78 is 0. The van der Waals surface area contributed by atoms with E-state index in [2.05, 4.69) is 29.2 Å². The van der Waals surface area contributed by atoms with Crippen molar-refractivity contribution in [2.45, 2.75) is 20.3 Å². The van der Waals surface area contributed by atoms with E-state index in [-0.39, 0.29) is 0 Å². The zero-order chi connectivity index (χ0) is 12.7. The second kappa shape index (κ2) is 7.93. The van der Waals surface area contributed by atoms with E-state index in [1.807, 2.05) is 5.01 Å². The minimum absolute atomic E-state index is 0.414. The summed E-state index contributed by atoms with van der Waals surface area (Å²) in [5.74, 6) is 0. The van der Waals surface area contributed by atoms with Gasteiger partial charge in [0.1, 0.15) is 10.3 Å². The molecule has 0 fully saturated rings. The molecule has 0 aromatic carbocycles. The third-order valence-corrected chi connectivity index (χ3v) is 3.04. The van der Waals surface area contributed by atoms with E-state index in [1.54, 1.807) is 6.20 Å². The van der Waals surface area contributed by atoms with Crippen molar-refractivity contribution in [2.75, 3.05) is 32.7 Å². The van der Waals surface area contributed by atoms with Crippen LogP contribution in [0.25, 0.3) is 0 Å². The molecule has 98 valence electrons. The molecule has 4 nitrogen and oxygen atoms in total. The number of nitrogens with one attached hydrogen (secondary N) is 1. The molecule has 0 aromatic rings. The van der Waals surface area contributed by atoms with E-state index in [4.69, 9.17) is 23.2 Å². The van der Waals surface area contributed by atoms with Gasteiger partial charge in [0.05, 0.1) is 12.7 Å². The quantitative estimate of drug-likeness (QED) is 0.572. The minimum atomic E-state index is 0.414. The van der Waals surface area contributed by atoms with Crippen molar-refractivity contribution >= 4 is 28.4 Å². The number of nitrogens with zero attached hydrogens (tertiary/aromatic N) is 3. The predicted octanol–water partition coefficient (Wildman–Crippen LogP) is 2.21. The number of hydrogen-bond acceptors (Lipinski definition) is 4. The van der Waals surface area contributed by atoms with E-state index in [0.29, 0.717) is 16.9 Å².